The van der Waals surface area contributed by atoms with Gasteiger partial charge in [0.15, 0.2) is 0 Å². The highest BCUT2D eigenvalue weighted by Gasteiger charge is 2.30. The molecule has 0 radical (unpaired) electrons. The zero-order chi connectivity index (χ0) is 28.6. The number of nitrogens with one attached hydrogen (secondary N) is 2. The minimum atomic E-state index is -1.48. The maximum Gasteiger partial charge on any atom is 0.408 e. The monoisotopic (exact) mass is 542 g/mol. The van der Waals surface area contributed by atoms with Crippen LogP contribution in [0.15, 0.2) is 60.7 Å². The molecule has 0 aromatic heterocycles. The molecule has 2 aromatic carbocycles. The van der Waals surface area contributed by atoms with Crippen LogP contribution >= 0.6 is 0 Å². The fraction of sp³-hybridized carbons (Fsp3) is 0.308. The fourth-order valence-corrected chi connectivity index (χ4v) is 3.13. The van der Waals surface area contributed by atoms with Crippen molar-refractivity contribution in [2.75, 3.05) is 0 Å². The van der Waals surface area contributed by atoms with Crippen LogP contribution in [0.4, 0.5) is 9.59 Å². The first-order chi connectivity index (χ1) is 18.6. The van der Waals surface area contributed by atoms with Gasteiger partial charge in [-0.2, -0.15) is 0 Å². The van der Waals surface area contributed by atoms with Gasteiger partial charge in [0.1, 0.15) is 25.3 Å². The summed E-state index contributed by atoms with van der Waals surface area (Å²) in [5.74, 6) is -4.00. The van der Waals surface area contributed by atoms with Crippen molar-refractivity contribution in [3.8, 4) is 0 Å². The number of hydrogen-bond donors (Lipinski definition) is 4. The van der Waals surface area contributed by atoms with Crippen LogP contribution in [-0.4, -0.2) is 48.0 Å². The van der Waals surface area contributed by atoms with E-state index < -0.39 is 48.0 Å². The molecule has 0 heterocycles. The Morgan fingerprint density at radius 2 is 0.974 bits per heavy atom. The number of esters is 2. The first-order valence-corrected chi connectivity index (χ1v) is 11.9. The molecule has 0 unspecified atom stereocenters. The quantitative estimate of drug-likeness (QED) is 0.153. The van der Waals surface area contributed by atoms with E-state index in [0.717, 1.165) is 0 Å². The van der Waals surface area contributed by atoms with Crippen molar-refractivity contribution in [2.24, 2.45) is 11.5 Å². The largest absolute Gasteiger partial charge is 0.445 e. The predicted molar refractivity (Wildman–Crippen MR) is 135 cm³/mol. The molecule has 13 heteroatoms. The SMILES string of the molecule is NC(=O)CC[C@H](NC(=O)OCc1ccccc1)C(=O)OC(=O)[C@H](CCC(N)=O)NC(=O)OCc1ccccc1. The van der Waals surface area contributed by atoms with Gasteiger partial charge in [0.2, 0.25) is 11.8 Å². The van der Waals surface area contributed by atoms with Crippen molar-refractivity contribution in [2.45, 2.75) is 51.0 Å². The van der Waals surface area contributed by atoms with Crippen molar-refractivity contribution < 1.29 is 43.0 Å². The summed E-state index contributed by atoms with van der Waals surface area (Å²) in [7, 11) is 0. The van der Waals surface area contributed by atoms with Crippen molar-refractivity contribution >= 4 is 35.9 Å². The Morgan fingerprint density at radius 3 is 1.31 bits per heavy atom. The van der Waals surface area contributed by atoms with E-state index in [9.17, 15) is 28.8 Å². The highest BCUT2D eigenvalue weighted by molar-refractivity contribution is 5.94. The molecule has 0 fully saturated rings. The minimum absolute atomic E-state index is 0.104. The third-order valence-corrected chi connectivity index (χ3v) is 5.14. The second kappa shape index (κ2) is 16.0. The Hall–Kier alpha value is -4.94. The standard InChI is InChI=1S/C26H30N4O9/c27-21(31)13-11-19(29-25(35)37-15-17-7-3-1-4-8-17)23(33)39-24(34)20(12-14-22(28)32)30-26(36)38-16-18-9-5-2-6-10-18/h1-10,19-20H,11-16H2,(H2,27,31)(H2,28,32)(H,29,35)(H,30,36)/t19-,20-/m0/s1. The second-order valence-electron chi connectivity index (χ2n) is 8.27. The fourth-order valence-electron chi connectivity index (χ4n) is 3.13. The van der Waals surface area contributed by atoms with Crippen LogP contribution in [0.3, 0.4) is 0 Å². The molecule has 39 heavy (non-hydrogen) atoms. The van der Waals surface area contributed by atoms with Crippen molar-refractivity contribution in [3.63, 3.8) is 0 Å². The number of rotatable bonds is 14. The van der Waals surface area contributed by atoms with Crippen LogP contribution in [0.2, 0.25) is 0 Å². The van der Waals surface area contributed by atoms with Gasteiger partial charge >= 0.3 is 24.1 Å². The summed E-state index contributed by atoms with van der Waals surface area (Å²) in [5, 5.41) is 4.47. The lowest BCUT2D eigenvalue weighted by atomic mass is 10.1. The molecule has 2 aromatic rings. The first-order valence-electron chi connectivity index (χ1n) is 11.9. The van der Waals surface area contributed by atoms with Crippen LogP contribution in [0, 0.1) is 0 Å². The van der Waals surface area contributed by atoms with E-state index in [0.29, 0.717) is 11.1 Å². The number of carbonyl (C=O) groups is 6. The minimum Gasteiger partial charge on any atom is -0.445 e. The first kappa shape index (κ1) is 30.3. The van der Waals surface area contributed by atoms with Gasteiger partial charge in [-0.25, -0.2) is 19.2 Å². The maximum atomic E-state index is 12.7. The summed E-state index contributed by atoms with van der Waals surface area (Å²) in [6.45, 7) is -0.208. The summed E-state index contributed by atoms with van der Waals surface area (Å²) in [5.41, 5.74) is 11.6. The lowest BCUT2D eigenvalue weighted by molar-refractivity contribution is -0.162. The van der Waals surface area contributed by atoms with E-state index in [2.05, 4.69) is 10.6 Å². The van der Waals surface area contributed by atoms with Gasteiger partial charge in [0.25, 0.3) is 0 Å². The molecule has 6 N–H and O–H groups in total. The molecule has 0 saturated heterocycles. The highest BCUT2D eigenvalue weighted by Crippen LogP contribution is 2.08. The Morgan fingerprint density at radius 1 is 0.615 bits per heavy atom. The number of primary amides is 2. The van der Waals surface area contributed by atoms with E-state index in [4.69, 9.17) is 25.7 Å². The van der Waals surface area contributed by atoms with Gasteiger partial charge in [-0.15, -0.1) is 0 Å². The highest BCUT2D eigenvalue weighted by atomic mass is 16.6. The van der Waals surface area contributed by atoms with Crippen LogP contribution in [0.1, 0.15) is 36.8 Å². The number of benzene rings is 2. The summed E-state index contributed by atoms with van der Waals surface area (Å²) >= 11 is 0. The number of carbonyl (C=O) groups excluding carboxylic acids is 6. The van der Waals surface area contributed by atoms with E-state index in [1.807, 2.05) is 0 Å². The molecule has 0 aliphatic carbocycles. The maximum absolute atomic E-state index is 12.7. The molecular weight excluding hydrogens is 512 g/mol. The van der Waals surface area contributed by atoms with Crippen LogP contribution in [0.5, 0.6) is 0 Å². The summed E-state index contributed by atoms with van der Waals surface area (Å²) in [6, 6.07) is 14.5. The van der Waals surface area contributed by atoms with Crippen LogP contribution in [0.25, 0.3) is 0 Å². The topological polar surface area (TPSA) is 206 Å². The summed E-state index contributed by atoms with van der Waals surface area (Å²) in [4.78, 5) is 72.4. The predicted octanol–water partition coefficient (Wildman–Crippen LogP) is 1.18. The van der Waals surface area contributed by atoms with Gasteiger partial charge in [0.05, 0.1) is 0 Å². The van der Waals surface area contributed by atoms with Crippen molar-refractivity contribution in [3.05, 3.63) is 71.8 Å². The van der Waals surface area contributed by atoms with E-state index in [1.165, 1.54) is 0 Å². The van der Waals surface area contributed by atoms with Gasteiger partial charge in [-0.05, 0) is 24.0 Å². The molecular formula is C26H30N4O9. The molecule has 2 atom stereocenters. The lowest BCUT2D eigenvalue weighted by Crippen LogP contribution is -2.47. The van der Waals surface area contributed by atoms with Gasteiger partial charge in [-0.3, -0.25) is 9.59 Å². The smallest absolute Gasteiger partial charge is 0.408 e. The molecule has 0 saturated carbocycles. The van der Waals surface area contributed by atoms with E-state index >= 15 is 0 Å². The number of nitrogens with two attached hydrogens (primary N) is 2. The molecule has 4 amide bonds. The molecule has 0 bridgehead atoms. The number of alkyl carbamates (subject to hydrolysis) is 2. The Kier molecular flexibility index (Phi) is 12.4. The van der Waals surface area contributed by atoms with E-state index in [-0.39, 0.29) is 38.9 Å². The number of amides is 4. The zero-order valence-electron chi connectivity index (χ0n) is 21.0. The zero-order valence-corrected chi connectivity index (χ0v) is 21.0. The van der Waals surface area contributed by atoms with Gasteiger partial charge < -0.3 is 36.3 Å². The number of ether oxygens (including phenoxy) is 3. The van der Waals surface area contributed by atoms with E-state index in [1.54, 1.807) is 60.7 Å². The third-order valence-electron chi connectivity index (χ3n) is 5.14. The lowest BCUT2D eigenvalue weighted by Gasteiger charge is -2.20. The van der Waals surface area contributed by atoms with Gasteiger partial charge in [-0.1, -0.05) is 60.7 Å². The summed E-state index contributed by atoms with van der Waals surface area (Å²) in [6.07, 6.45) is -3.23. The second-order valence-corrected chi connectivity index (χ2v) is 8.27. The molecule has 0 spiro atoms. The van der Waals surface area contributed by atoms with Gasteiger partial charge in [0, 0.05) is 12.8 Å². The normalized spacial score (nSPS) is 11.8. The molecule has 13 nitrogen and oxygen atoms in total. The average Bonchev–Trinajstić information content (AvgIpc) is 2.91. The summed E-state index contributed by atoms with van der Waals surface area (Å²) < 4.78 is 15.0. The third kappa shape index (κ3) is 12.2. The molecule has 0 aliphatic rings. The van der Waals surface area contributed by atoms with Crippen molar-refractivity contribution in [1.82, 2.24) is 10.6 Å². The van der Waals surface area contributed by atoms with Crippen molar-refractivity contribution in [1.29, 1.82) is 0 Å². The number of hydrogen-bond acceptors (Lipinski definition) is 9. The van der Waals surface area contributed by atoms with Crippen LogP contribution < -0.4 is 22.1 Å². The van der Waals surface area contributed by atoms with Crippen LogP contribution in [-0.2, 0) is 46.6 Å². The Labute approximate surface area is 224 Å². The molecule has 2 rings (SSSR count). The average molecular weight is 543 g/mol. The molecule has 208 valence electrons. The molecule has 0 aliphatic heterocycles. The Balaban J connectivity index is 2.00. The Bertz CT molecular complexity index is 1050.